The third-order valence-electron chi connectivity index (χ3n) is 3.45. The predicted molar refractivity (Wildman–Crippen MR) is 69.5 cm³/mol. The molecule has 1 saturated carbocycles. The van der Waals surface area contributed by atoms with Gasteiger partial charge in [-0.15, -0.1) is 11.3 Å². The number of nitrogens with zero attached hydrogens (tertiary/aromatic N) is 2. The van der Waals surface area contributed by atoms with Crippen molar-refractivity contribution >= 4 is 17.3 Å². The minimum Gasteiger partial charge on any atom is -0.481 e. The first-order chi connectivity index (χ1) is 8.69. The molecule has 0 amide bonds. The van der Waals surface area contributed by atoms with E-state index in [9.17, 15) is 4.79 Å². The van der Waals surface area contributed by atoms with Gasteiger partial charge in [-0.25, -0.2) is 4.98 Å². The predicted octanol–water partition coefficient (Wildman–Crippen LogP) is 2.87. The van der Waals surface area contributed by atoms with Gasteiger partial charge in [-0.3, -0.25) is 4.79 Å². The molecule has 0 bridgehead atoms. The molecule has 0 atom stereocenters. The van der Waals surface area contributed by atoms with Crippen LogP contribution in [0, 0.1) is 5.41 Å². The van der Waals surface area contributed by atoms with E-state index < -0.39 is 5.97 Å². The van der Waals surface area contributed by atoms with Gasteiger partial charge in [0.1, 0.15) is 5.82 Å². The van der Waals surface area contributed by atoms with E-state index >= 15 is 0 Å². The number of imidazole rings is 1. The van der Waals surface area contributed by atoms with Gasteiger partial charge in [0, 0.05) is 18.9 Å². The fraction of sp³-hybridized carbons (Fsp3) is 0.385. The van der Waals surface area contributed by atoms with Crippen LogP contribution < -0.4 is 0 Å². The molecule has 0 aliphatic heterocycles. The highest BCUT2D eigenvalue weighted by molar-refractivity contribution is 7.13. The van der Waals surface area contributed by atoms with Gasteiger partial charge in [0.25, 0.3) is 0 Å². The lowest BCUT2D eigenvalue weighted by Crippen LogP contribution is -2.16. The first-order valence-electron chi connectivity index (χ1n) is 5.95. The Morgan fingerprint density at radius 3 is 3.00 bits per heavy atom. The van der Waals surface area contributed by atoms with Gasteiger partial charge in [0.2, 0.25) is 0 Å². The molecule has 0 saturated heterocycles. The number of carbonyl (C=O) groups is 1. The molecule has 18 heavy (non-hydrogen) atoms. The SMILES string of the molecule is O=C(O)CC1(Cn2ccnc2-c2cccs2)CC1. The van der Waals surface area contributed by atoms with E-state index in [-0.39, 0.29) is 11.8 Å². The molecule has 1 aliphatic rings. The van der Waals surface area contributed by atoms with Crippen molar-refractivity contribution in [3.63, 3.8) is 0 Å². The minimum atomic E-state index is -0.703. The van der Waals surface area contributed by atoms with Crippen LogP contribution in [0.3, 0.4) is 0 Å². The third kappa shape index (κ3) is 2.18. The Kier molecular flexibility index (Phi) is 2.70. The number of carboxylic acids is 1. The summed E-state index contributed by atoms with van der Waals surface area (Å²) in [5.74, 6) is 0.243. The number of carboxylic acid groups (broad SMARTS) is 1. The summed E-state index contributed by atoms with van der Waals surface area (Å²) in [6.45, 7) is 0.756. The highest BCUT2D eigenvalue weighted by Gasteiger charge is 2.45. The van der Waals surface area contributed by atoms with Crippen molar-refractivity contribution < 1.29 is 9.90 Å². The van der Waals surface area contributed by atoms with E-state index in [2.05, 4.69) is 9.55 Å². The average Bonchev–Trinajstić information content (AvgIpc) is 2.78. The highest BCUT2D eigenvalue weighted by Crippen LogP contribution is 2.50. The van der Waals surface area contributed by atoms with E-state index in [1.54, 1.807) is 17.5 Å². The van der Waals surface area contributed by atoms with Gasteiger partial charge >= 0.3 is 5.97 Å². The van der Waals surface area contributed by atoms with Crippen LogP contribution in [0.2, 0.25) is 0 Å². The quantitative estimate of drug-likeness (QED) is 0.901. The molecule has 94 valence electrons. The normalized spacial score (nSPS) is 16.7. The second-order valence-electron chi connectivity index (χ2n) is 4.93. The fourth-order valence-corrected chi connectivity index (χ4v) is 3.05. The number of aliphatic carboxylic acids is 1. The Hall–Kier alpha value is -1.62. The average molecular weight is 262 g/mol. The van der Waals surface area contributed by atoms with Crippen LogP contribution in [0.25, 0.3) is 10.7 Å². The molecular formula is C13H14N2O2S. The van der Waals surface area contributed by atoms with E-state index in [1.807, 2.05) is 23.7 Å². The summed E-state index contributed by atoms with van der Waals surface area (Å²) >= 11 is 1.66. The summed E-state index contributed by atoms with van der Waals surface area (Å²) in [5.41, 5.74) is -0.0431. The van der Waals surface area contributed by atoms with E-state index in [0.717, 1.165) is 30.1 Å². The minimum absolute atomic E-state index is 0.0431. The van der Waals surface area contributed by atoms with Crippen molar-refractivity contribution in [2.24, 2.45) is 5.41 Å². The molecule has 1 fully saturated rings. The van der Waals surface area contributed by atoms with Crippen LogP contribution in [0.4, 0.5) is 0 Å². The van der Waals surface area contributed by atoms with E-state index in [1.165, 1.54) is 0 Å². The summed E-state index contributed by atoms with van der Waals surface area (Å²) in [6, 6.07) is 4.05. The van der Waals surface area contributed by atoms with Crippen molar-refractivity contribution in [3.05, 3.63) is 29.9 Å². The summed E-state index contributed by atoms with van der Waals surface area (Å²) < 4.78 is 2.09. The van der Waals surface area contributed by atoms with Crippen molar-refractivity contribution in [1.82, 2.24) is 9.55 Å². The molecule has 4 nitrogen and oxygen atoms in total. The Labute approximate surface area is 109 Å². The highest BCUT2D eigenvalue weighted by atomic mass is 32.1. The van der Waals surface area contributed by atoms with Crippen molar-refractivity contribution in [2.45, 2.75) is 25.8 Å². The van der Waals surface area contributed by atoms with Crippen molar-refractivity contribution in [1.29, 1.82) is 0 Å². The van der Waals surface area contributed by atoms with Gasteiger partial charge in [-0.2, -0.15) is 0 Å². The third-order valence-corrected chi connectivity index (χ3v) is 4.31. The maximum atomic E-state index is 10.9. The molecule has 1 N–H and O–H groups in total. The summed E-state index contributed by atoms with van der Waals surface area (Å²) in [4.78, 5) is 16.4. The monoisotopic (exact) mass is 262 g/mol. The van der Waals surface area contributed by atoms with Crippen LogP contribution in [0.15, 0.2) is 29.9 Å². The van der Waals surface area contributed by atoms with Gasteiger partial charge in [-0.05, 0) is 29.7 Å². The fourth-order valence-electron chi connectivity index (χ4n) is 2.32. The second-order valence-corrected chi connectivity index (χ2v) is 5.87. The molecule has 2 heterocycles. The topological polar surface area (TPSA) is 55.1 Å². The zero-order valence-electron chi connectivity index (χ0n) is 9.87. The first kappa shape index (κ1) is 11.5. The molecule has 1 aliphatic carbocycles. The lowest BCUT2D eigenvalue weighted by Gasteiger charge is -2.15. The molecule has 0 aromatic carbocycles. The summed E-state index contributed by atoms with van der Waals surface area (Å²) in [7, 11) is 0. The van der Waals surface area contributed by atoms with E-state index in [4.69, 9.17) is 5.11 Å². The molecule has 0 spiro atoms. The number of hydrogen-bond acceptors (Lipinski definition) is 3. The van der Waals surface area contributed by atoms with Crippen molar-refractivity contribution in [2.75, 3.05) is 0 Å². The smallest absolute Gasteiger partial charge is 0.303 e. The van der Waals surface area contributed by atoms with Crippen molar-refractivity contribution in [3.8, 4) is 10.7 Å². The van der Waals surface area contributed by atoms with Gasteiger partial charge < -0.3 is 9.67 Å². The van der Waals surface area contributed by atoms with Crippen LogP contribution in [-0.2, 0) is 11.3 Å². The van der Waals surface area contributed by atoms with E-state index in [0.29, 0.717) is 0 Å². The number of hydrogen-bond donors (Lipinski definition) is 1. The molecule has 2 aromatic rings. The lowest BCUT2D eigenvalue weighted by atomic mass is 10.0. The standard InChI is InChI=1S/C13H14N2O2S/c16-11(17)8-13(3-4-13)9-15-6-5-14-12(15)10-2-1-7-18-10/h1-2,5-7H,3-4,8-9H2,(H,16,17). The van der Waals surface area contributed by atoms with Crippen LogP contribution in [0.1, 0.15) is 19.3 Å². The molecule has 0 radical (unpaired) electrons. The van der Waals surface area contributed by atoms with Crippen LogP contribution in [-0.4, -0.2) is 20.6 Å². The summed E-state index contributed by atoms with van der Waals surface area (Å²) in [5, 5.41) is 11.0. The Balaban J connectivity index is 1.82. The maximum absolute atomic E-state index is 10.9. The Morgan fingerprint density at radius 1 is 1.56 bits per heavy atom. The zero-order chi connectivity index (χ0) is 12.6. The second kappa shape index (κ2) is 4.24. The molecule has 0 unspecified atom stereocenters. The molecule has 5 heteroatoms. The number of rotatable bonds is 5. The Bertz CT molecular complexity index is 555. The number of aromatic nitrogens is 2. The Morgan fingerprint density at radius 2 is 2.39 bits per heavy atom. The maximum Gasteiger partial charge on any atom is 0.303 e. The first-order valence-corrected chi connectivity index (χ1v) is 6.83. The lowest BCUT2D eigenvalue weighted by molar-refractivity contribution is -0.138. The molecule has 3 rings (SSSR count). The van der Waals surface area contributed by atoms with Gasteiger partial charge in [0.15, 0.2) is 0 Å². The van der Waals surface area contributed by atoms with Crippen LogP contribution >= 0.6 is 11.3 Å². The zero-order valence-corrected chi connectivity index (χ0v) is 10.7. The van der Waals surface area contributed by atoms with Gasteiger partial charge in [-0.1, -0.05) is 6.07 Å². The number of thiophene rings is 1. The van der Waals surface area contributed by atoms with Crippen LogP contribution in [0.5, 0.6) is 0 Å². The summed E-state index contributed by atoms with van der Waals surface area (Å²) in [6.07, 6.45) is 5.99. The molecule has 2 aromatic heterocycles. The van der Waals surface area contributed by atoms with Gasteiger partial charge in [0.05, 0.1) is 11.3 Å². The largest absolute Gasteiger partial charge is 0.481 e. The molecular weight excluding hydrogens is 248 g/mol.